The molecule has 4 nitrogen and oxygen atoms in total. The summed E-state index contributed by atoms with van der Waals surface area (Å²) in [6.45, 7) is 0. The maximum Gasteiger partial charge on any atom is 0.203 e. The van der Waals surface area contributed by atoms with Gasteiger partial charge in [0.1, 0.15) is 0 Å². The number of aryl methyl sites for hydroxylation is 1. The summed E-state index contributed by atoms with van der Waals surface area (Å²) in [5, 5.41) is 6.15. The van der Waals surface area contributed by atoms with Crippen LogP contribution in [0.3, 0.4) is 0 Å². The molecule has 14 heavy (non-hydrogen) atoms. The Morgan fingerprint density at radius 1 is 1.21 bits per heavy atom. The molecule has 0 aliphatic rings. The molecule has 2 N–H and O–H groups in total. The second-order valence-corrected chi connectivity index (χ2v) is 3.20. The van der Waals surface area contributed by atoms with Crippen LogP contribution in [0, 0.1) is 0 Å². The van der Waals surface area contributed by atoms with E-state index in [1.54, 1.807) is 0 Å². The van der Waals surface area contributed by atoms with Crippen LogP contribution >= 0.6 is 0 Å². The Morgan fingerprint density at radius 3 is 2.64 bits per heavy atom. The monoisotopic (exact) mass is 190 g/mol. The van der Waals surface area contributed by atoms with Crippen molar-refractivity contribution in [3.63, 3.8) is 0 Å². The Hall–Kier alpha value is -1.71. The molecule has 0 saturated carbocycles. The van der Waals surface area contributed by atoms with Crippen LogP contribution in [0.4, 0.5) is 11.6 Å². The highest BCUT2D eigenvalue weighted by atomic mass is 15.2. The quantitative estimate of drug-likeness (QED) is 0.756. The molecule has 0 radical (unpaired) electrons. The Kier molecular flexibility index (Phi) is 2.04. The van der Waals surface area contributed by atoms with Crippen LogP contribution in [-0.2, 0) is 7.05 Å². The van der Waals surface area contributed by atoms with Crippen LogP contribution in [0.1, 0.15) is 0 Å². The number of rotatable bonds is 2. The molecule has 4 heteroatoms. The van der Waals surface area contributed by atoms with Gasteiger partial charge in [-0.1, -0.05) is 0 Å². The topological polar surface area (TPSA) is 41.9 Å². The van der Waals surface area contributed by atoms with Crippen molar-refractivity contribution in [2.24, 2.45) is 7.05 Å². The molecule has 0 saturated heterocycles. The first kappa shape index (κ1) is 8.87. The van der Waals surface area contributed by atoms with E-state index in [9.17, 15) is 0 Å². The Balaban J connectivity index is 2.66. The molecule has 2 aromatic rings. The van der Waals surface area contributed by atoms with Crippen LogP contribution in [0.15, 0.2) is 18.2 Å². The zero-order chi connectivity index (χ0) is 10.1. The van der Waals surface area contributed by atoms with Gasteiger partial charge < -0.3 is 15.2 Å². The fraction of sp³-hybridized carbons (Fsp3) is 0.300. The van der Waals surface area contributed by atoms with Gasteiger partial charge in [0.2, 0.25) is 5.95 Å². The number of hydrogen-bond donors (Lipinski definition) is 2. The molecular formula is C10H14N4. The van der Waals surface area contributed by atoms with Gasteiger partial charge >= 0.3 is 0 Å². The summed E-state index contributed by atoms with van der Waals surface area (Å²) in [6.07, 6.45) is 0. The summed E-state index contributed by atoms with van der Waals surface area (Å²) < 4.78 is 2.04. The molecular weight excluding hydrogens is 176 g/mol. The second kappa shape index (κ2) is 3.21. The van der Waals surface area contributed by atoms with Gasteiger partial charge in [0, 0.05) is 26.8 Å². The predicted octanol–water partition coefficient (Wildman–Crippen LogP) is 1.66. The van der Waals surface area contributed by atoms with Crippen LogP contribution in [0.2, 0.25) is 0 Å². The summed E-state index contributed by atoms with van der Waals surface area (Å²) in [7, 11) is 5.78. The zero-order valence-corrected chi connectivity index (χ0v) is 8.63. The Labute approximate surface area is 82.9 Å². The smallest absolute Gasteiger partial charge is 0.203 e. The summed E-state index contributed by atoms with van der Waals surface area (Å²) in [5.41, 5.74) is 3.22. The third-order valence-corrected chi connectivity index (χ3v) is 2.39. The highest BCUT2D eigenvalue weighted by molar-refractivity contribution is 5.82. The summed E-state index contributed by atoms with van der Waals surface area (Å²) in [4.78, 5) is 4.45. The van der Waals surface area contributed by atoms with Crippen molar-refractivity contribution >= 4 is 22.7 Å². The van der Waals surface area contributed by atoms with E-state index in [4.69, 9.17) is 0 Å². The molecule has 2 rings (SSSR count). The van der Waals surface area contributed by atoms with Crippen molar-refractivity contribution in [2.45, 2.75) is 0 Å². The van der Waals surface area contributed by atoms with Crippen LogP contribution in [0.25, 0.3) is 11.0 Å². The molecule has 0 fully saturated rings. The lowest BCUT2D eigenvalue weighted by molar-refractivity contribution is 0.952. The Bertz CT molecular complexity index is 458. The summed E-state index contributed by atoms with van der Waals surface area (Å²) in [6, 6.07) is 6.15. The van der Waals surface area contributed by atoms with Gasteiger partial charge in [0.05, 0.1) is 11.0 Å². The molecule has 0 aliphatic heterocycles. The number of benzene rings is 1. The van der Waals surface area contributed by atoms with Crippen LogP contribution < -0.4 is 10.6 Å². The fourth-order valence-electron chi connectivity index (χ4n) is 1.58. The Morgan fingerprint density at radius 2 is 2.00 bits per heavy atom. The maximum atomic E-state index is 4.45. The van der Waals surface area contributed by atoms with Crippen LogP contribution in [0.5, 0.6) is 0 Å². The average Bonchev–Trinajstić information content (AvgIpc) is 2.55. The molecule has 0 unspecified atom stereocenters. The van der Waals surface area contributed by atoms with E-state index in [0.29, 0.717) is 0 Å². The van der Waals surface area contributed by atoms with E-state index >= 15 is 0 Å². The molecule has 0 amide bonds. The lowest BCUT2D eigenvalue weighted by atomic mass is 10.3. The lowest BCUT2D eigenvalue weighted by Crippen LogP contribution is -1.97. The van der Waals surface area contributed by atoms with Gasteiger partial charge in [0.25, 0.3) is 0 Å². The van der Waals surface area contributed by atoms with Crippen molar-refractivity contribution in [3.8, 4) is 0 Å². The van der Waals surface area contributed by atoms with E-state index in [1.165, 1.54) is 0 Å². The number of hydrogen-bond acceptors (Lipinski definition) is 3. The third kappa shape index (κ3) is 1.19. The van der Waals surface area contributed by atoms with Crippen molar-refractivity contribution < 1.29 is 0 Å². The minimum atomic E-state index is 0.883. The van der Waals surface area contributed by atoms with Gasteiger partial charge in [-0.2, -0.15) is 0 Å². The van der Waals surface area contributed by atoms with E-state index in [1.807, 2.05) is 37.8 Å². The molecule has 1 heterocycles. The number of aromatic nitrogens is 2. The van der Waals surface area contributed by atoms with Gasteiger partial charge in [-0.25, -0.2) is 4.98 Å². The van der Waals surface area contributed by atoms with Gasteiger partial charge in [-0.3, -0.25) is 0 Å². The molecule has 1 aromatic carbocycles. The maximum absolute atomic E-state index is 4.45. The van der Waals surface area contributed by atoms with Gasteiger partial charge in [-0.15, -0.1) is 0 Å². The van der Waals surface area contributed by atoms with E-state index < -0.39 is 0 Å². The molecule has 0 spiro atoms. The largest absolute Gasteiger partial charge is 0.388 e. The van der Waals surface area contributed by atoms with Gasteiger partial charge in [0.15, 0.2) is 0 Å². The van der Waals surface area contributed by atoms with Crippen molar-refractivity contribution in [1.29, 1.82) is 0 Å². The summed E-state index contributed by atoms with van der Waals surface area (Å²) >= 11 is 0. The van der Waals surface area contributed by atoms with Gasteiger partial charge in [-0.05, 0) is 18.2 Å². The first-order chi connectivity index (χ1) is 6.76. The number of nitrogens with zero attached hydrogens (tertiary/aromatic N) is 2. The molecule has 0 bridgehead atoms. The van der Waals surface area contributed by atoms with E-state index in [0.717, 1.165) is 22.7 Å². The summed E-state index contributed by atoms with van der Waals surface area (Å²) in [5.74, 6) is 0.883. The SMILES string of the molecule is CNc1ccc2c(c1)nc(NC)n2C. The standard InChI is InChI=1S/C10H14N4/c1-11-7-4-5-9-8(6-7)13-10(12-2)14(9)3/h4-6,11H,1-3H3,(H,12,13). The predicted molar refractivity (Wildman–Crippen MR) is 59.8 cm³/mol. The van der Waals surface area contributed by atoms with Crippen LogP contribution in [-0.4, -0.2) is 23.6 Å². The normalized spacial score (nSPS) is 10.5. The van der Waals surface area contributed by atoms with Crippen molar-refractivity contribution in [3.05, 3.63) is 18.2 Å². The first-order valence-electron chi connectivity index (χ1n) is 4.58. The number of fused-ring (bicyclic) bond motifs is 1. The minimum Gasteiger partial charge on any atom is -0.388 e. The fourth-order valence-corrected chi connectivity index (χ4v) is 1.58. The number of nitrogens with one attached hydrogen (secondary N) is 2. The highest BCUT2D eigenvalue weighted by Gasteiger charge is 2.05. The average molecular weight is 190 g/mol. The van der Waals surface area contributed by atoms with E-state index in [-0.39, 0.29) is 0 Å². The number of anilines is 2. The lowest BCUT2D eigenvalue weighted by Gasteiger charge is -2.00. The first-order valence-corrected chi connectivity index (χ1v) is 4.58. The molecule has 74 valence electrons. The van der Waals surface area contributed by atoms with Crippen molar-refractivity contribution in [2.75, 3.05) is 24.7 Å². The molecule has 0 atom stereocenters. The highest BCUT2D eigenvalue weighted by Crippen LogP contribution is 2.21. The minimum absolute atomic E-state index is 0.883. The second-order valence-electron chi connectivity index (χ2n) is 3.20. The molecule has 0 aliphatic carbocycles. The van der Waals surface area contributed by atoms with Crippen molar-refractivity contribution in [1.82, 2.24) is 9.55 Å². The molecule has 1 aromatic heterocycles. The number of imidazole rings is 1. The van der Waals surface area contributed by atoms with E-state index in [2.05, 4.69) is 21.7 Å². The zero-order valence-electron chi connectivity index (χ0n) is 8.63. The third-order valence-electron chi connectivity index (χ3n) is 2.39.